The predicted octanol–water partition coefficient (Wildman–Crippen LogP) is 5.37. The van der Waals surface area contributed by atoms with E-state index in [-0.39, 0.29) is 0 Å². The summed E-state index contributed by atoms with van der Waals surface area (Å²) in [6.45, 7) is -0.576. The Kier molecular flexibility index (Phi) is 7.38. The zero-order chi connectivity index (χ0) is 30.5. The lowest BCUT2D eigenvalue weighted by Crippen LogP contribution is -2.33. The van der Waals surface area contributed by atoms with Gasteiger partial charge in [0.15, 0.2) is 0 Å². The molecule has 3 atom stereocenters. The first-order valence-electron chi connectivity index (χ1n) is 13.0. The van der Waals surface area contributed by atoms with Gasteiger partial charge in [0, 0.05) is 10.8 Å². The predicted molar refractivity (Wildman–Crippen MR) is 156 cm³/mol. The van der Waals surface area contributed by atoms with E-state index in [2.05, 4.69) is 5.32 Å². The second-order valence-corrected chi connectivity index (χ2v) is 12.0. The van der Waals surface area contributed by atoms with Gasteiger partial charge in [-0.25, -0.2) is 4.90 Å². The number of imide groups is 1. The number of aromatic nitrogens is 1. The Morgan fingerprint density at radius 3 is 2.28 bits per heavy atom. The summed E-state index contributed by atoms with van der Waals surface area (Å²) < 4.78 is 46.8. The number of hydrogen-bond donors (Lipinski definition) is 1. The molecule has 8 nitrogen and oxygen atoms in total. The zero-order valence-electron chi connectivity index (χ0n) is 22.3. The molecular weight excluding hydrogens is 603 g/mol. The monoisotopic (exact) mass is 625 g/mol. The van der Waals surface area contributed by atoms with Gasteiger partial charge in [-0.05, 0) is 42.0 Å². The van der Waals surface area contributed by atoms with E-state index in [4.69, 9.17) is 4.74 Å². The highest BCUT2D eigenvalue weighted by Gasteiger charge is 2.56. The minimum absolute atomic E-state index is 0.335. The second-order valence-electron chi connectivity index (χ2n) is 9.88. The van der Waals surface area contributed by atoms with Crippen LogP contribution >= 0.6 is 23.1 Å². The number of amides is 3. The number of anilines is 2. The molecule has 4 aromatic rings. The number of halogens is 3. The average Bonchev–Trinajstić information content (AvgIpc) is 3.43. The summed E-state index contributed by atoms with van der Waals surface area (Å²) in [5, 5.41) is 1.70. The lowest BCUT2D eigenvalue weighted by molar-refractivity contribution is -0.137. The van der Waals surface area contributed by atoms with Crippen LogP contribution in [0.5, 0.6) is 5.75 Å². The third-order valence-corrected chi connectivity index (χ3v) is 9.95. The molecule has 13 heteroatoms. The maximum Gasteiger partial charge on any atom is 0.418 e. The van der Waals surface area contributed by atoms with Gasteiger partial charge in [-0.15, -0.1) is 0 Å². The first-order chi connectivity index (χ1) is 20.6. The Morgan fingerprint density at radius 1 is 0.930 bits per heavy atom. The Morgan fingerprint density at radius 2 is 1.60 bits per heavy atom. The van der Waals surface area contributed by atoms with Crippen LogP contribution in [-0.4, -0.2) is 34.6 Å². The van der Waals surface area contributed by atoms with Gasteiger partial charge in [0.25, 0.3) is 0 Å². The molecule has 0 saturated carbocycles. The third kappa shape index (κ3) is 5.12. The number of carbonyl (C=O) groups excluding carboxylic acids is 3. The van der Waals surface area contributed by atoms with E-state index in [0.717, 1.165) is 44.7 Å². The summed E-state index contributed by atoms with van der Waals surface area (Å²) in [6.07, 6.45) is -4.69. The minimum atomic E-state index is -4.69. The third-order valence-electron chi connectivity index (χ3n) is 7.35. The van der Waals surface area contributed by atoms with Crippen molar-refractivity contribution < 1.29 is 32.3 Å². The number of carbonyl (C=O) groups is 3. The molecule has 43 heavy (non-hydrogen) atoms. The van der Waals surface area contributed by atoms with Gasteiger partial charge in [0.2, 0.25) is 17.7 Å². The van der Waals surface area contributed by atoms with Gasteiger partial charge in [0.05, 0.1) is 35.0 Å². The van der Waals surface area contributed by atoms with Crippen molar-refractivity contribution in [3.05, 3.63) is 105 Å². The number of rotatable bonds is 6. The first kappa shape index (κ1) is 28.7. The van der Waals surface area contributed by atoms with Crippen molar-refractivity contribution in [2.45, 2.75) is 28.9 Å². The number of thiazole rings is 1. The van der Waals surface area contributed by atoms with E-state index in [9.17, 15) is 32.3 Å². The van der Waals surface area contributed by atoms with Gasteiger partial charge in [-0.1, -0.05) is 65.6 Å². The second kappa shape index (κ2) is 11.0. The number of nitrogens with zero attached hydrogens (tertiary/aromatic N) is 2. The number of ether oxygens (including phenoxy) is 1. The molecule has 0 spiro atoms. The fraction of sp³-hybridized carbons (Fsp3) is 0.200. The fourth-order valence-corrected chi connectivity index (χ4v) is 8.21. The van der Waals surface area contributed by atoms with E-state index in [1.807, 2.05) is 18.2 Å². The van der Waals surface area contributed by atoms with Crippen LogP contribution in [0.2, 0.25) is 0 Å². The van der Waals surface area contributed by atoms with Crippen molar-refractivity contribution >= 4 is 52.2 Å². The number of hydrogen-bond acceptors (Lipinski definition) is 7. The smallest absolute Gasteiger partial charge is 0.418 e. The molecule has 0 radical (unpaired) electrons. The van der Waals surface area contributed by atoms with Crippen LogP contribution in [0.4, 0.5) is 24.5 Å². The topological polar surface area (TPSA) is 97.7 Å². The van der Waals surface area contributed by atoms with Gasteiger partial charge >= 0.3 is 11.0 Å². The molecule has 0 unspecified atom stereocenters. The summed E-state index contributed by atoms with van der Waals surface area (Å²) in [5.74, 6) is -2.65. The van der Waals surface area contributed by atoms with Crippen molar-refractivity contribution in [2.24, 2.45) is 5.92 Å². The summed E-state index contributed by atoms with van der Waals surface area (Å²) in [7, 11) is 1.50. The molecule has 220 valence electrons. The first-order valence-corrected chi connectivity index (χ1v) is 14.7. The number of para-hydroxylation sites is 1. The highest BCUT2D eigenvalue weighted by molar-refractivity contribution is 8.00. The molecule has 2 aliphatic rings. The largest absolute Gasteiger partial charge is 0.497 e. The van der Waals surface area contributed by atoms with E-state index < -0.39 is 63.7 Å². The fourth-order valence-electron chi connectivity index (χ4n) is 5.43. The van der Waals surface area contributed by atoms with Crippen LogP contribution in [0.3, 0.4) is 0 Å². The lowest BCUT2D eigenvalue weighted by Gasteiger charge is -2.30. The standard InChI is InChI=1S/C30H22F3N3O5S2/c1-41-18-13-11-17(12-14-18)36-26(38)23-22(16-7-3-2-4-8-16)25-28(42-24(23)27(36)39)35(29(40)43-25)15-21(37)34-20-10-6-5-9-19(20)30(31,32)33/h2-14,22-24H,15H2,1H3,(H,34,37)/t22-,23-,24+/m0/s1. The van der Waals surface area contributed by atoms with Crippen LogP contribution < -0.4 is 19.8 Å². The molecular formula is C30H22F3N3O5S2. The van der Waals surface area contributed by atoms with Gasteiger partial charge < -0.3 is 10.1 Å². The number of methoxy groups -OCH3 is 1. The SMILES string of the molecule is COc1ccc(N2C(=O)[C@H]3[C@H](c4ccccc4)c4sc(=O)n(CC(=O)Nc5ccccc5C(F)(F)F)c4S[C@H]3C2=O)cc1. The van der Waals surface area contributed by atoms with Crippen LogP contribution in [0.15, 0.2) is 88.7 Å². The van der Waals surface area contributed by atoms with Crippen LogP contribution in [0.25, 0.3) is 0 Å². The maximum absolute atomic E-state index is 13.9. The number of thioether (sulfide) groups is 1. The van der Waals surface area contributed by atoms with Crippen molar-refractivity contribution in [1.82, 2.24) is 4.57 Å². The molecule has 2 aliphatic heterocycles. The molecule has 1 N–H and O–H groups in total. The average molecular weight is 626 g/mol. The lowest BCUT2D eigenvalue weighted by atomic mass is 9.83. The number of fused-ring (bicyclic) bond motifs is 2. The summed E-state index contributed by atoms with van der Waals surface area (Å²) in [5.41, 5.74) is -0.355. The summed E-state index contributed by atoms with van der Waals surface area (Å²) >= 11 is 1.88. The van der Waals surface area contributed by atoms with Crippen LogP contribution in [0.1, 0.15) is 21.9 Å². The molecule has 1 fully saturated rings. The number of nitrogens with one attached hydrogen (secondary N) is 1. The molecule has 1 saturated heterocycles. The molecule has 1 aromatic heterocycles. The minimum Gasteiger partial charge on any atom is -0.497 e. The highest BCUT2D eigenvalue weighted by Crippen LogP contribution is 2.53. The maximum atomic E-state index is 13.9. The Balaban J connectivity index is 1.38. The molecule has 3 amide bonds. The molecule has 3 heterocycles. The van der Waals surface area contributed by atoms with E-state index in [0.29, 0.717) is 26.9 Å². The van der Waals surface area contributed by atoms with E-state index in [1.54, 1.807) is 36.4 Å². The Hall–Kier alpha value is -4.36. The Bertz CT molecular complexity index is 1790. The molecule has 6 rings (SSSR count). The summed E-state index contributed by atoms with van der Waals surface area (Å²) in [6, 6.07) is 20.1. The quantitative estimate of drug-likeness (QED) is 0.290. The number of alkyl halides is 3. The van der Waals surface area contributed by atoms with Crippen LogP contribution in [-0.2, 0) is 27.1 Å². The Labute approximate surface area is 251 Å². The van der Waals surface area contributed by atoms with Crippen molar-refractivity contribution in [2.75, 3.05) is 17.3 Å². The normalized spacial score (nSPS) is 19.6. The van der Waals surface area contributed by atoms with Gasteiger partial charge in [0.1, 0.15) is 17.5 Å². The molecule has 0 bridgehead atoms. The highest BCUT2D eigenvalue weighted by atomic mass is 32.2. The molecule has 0 aliphatic carbocycles. The van der Waals surface area contributed by atoms with E-state index >= 15 is 0 Å². The van der Waals surface area contributed by atoms with Crippen LogP contribution in [0, 0.1) is 5.92 Å². The van der Waals surface area contributed by atoms with Crippen molar-refractivity contribution in [1.29, 1.82) is 0 Å². The van der Waals surface area contributed by atoms with Crippen molar-refractivity contribution in [3.63, 3.8) is 0 Å². The van der Waals surface area contributed by atoms with E-state index in [1.165, 1.54) is 19.2 Å². The summed E-state index contributed by atoms with van der Waals surface area (Å²) in [4.78, 5) is 55.1. The molecule has 3 aromatic carbocycles. The van der Waals surface area contributed by atoms with Gasteiger partial charge in [-0.3, -0.25) is 23.7 Å². The van der Waals surface area contributed by atoms with Gasteiger partial charge in [-0.2, -0.15) is 13.2 Å². The van der Waals surface area contributed by atoms with Crippen molar-refractivity contribution in [3.8, 4) is 5.75 Å². The number of benzene rings is 3. The zero-order valence-corrected chi connectivity index (χ0v) is 24.0.